The van der Waals surface area contributed by atoms with E-state index in [2.05, 4.69) is 13.8 Å². The topological polar surface area (TPSA) is 37.3 Å². The fourth-order valence-electron chi connectivity index (χ4n) is 7.02. The standard InChI is InChI=1S/C19H30O2/c1-18-9-7-13(20)11-12(18)3-4-14-15-5-6-17(21)19(15,2)10-8-16(14)18/h12,14-17,21H,3-11H2,1-2H3/t12-,14-,15+,16-,17-,18-,19-/m0/s1. The van der Waals surface area contributed by atoms with E-state index in [9.17, 15) is 9.90 Å². The van der Waals surface area contributed by atoms with Gasteiger partial charge >= 0.3 is 0 Å². The van der Waals surface area contributed by atoms with Gasteiger partial charge in [-0.25, -0.2) is 0 Å². The highest BCUT2D eigenvalue weighted by Gasteiger charge is 2.59. The molecule has 4 aliphatic rings. The molecular formula is C19H30O2. The molecule has 0 aromatic heterocycles. The van der Waals surface area contributed by atoms with Crippen molar-refractivity contribution in [2.75, 3.05) is 0 Å². The maximum Gasteiger partial charge on any atom is 0.133 e. The van der Waals surface area contributed by atoms with Crippen LogP contribution in [0.2, 0.25) is 0 Å². The minimum atomic E-state index is -0.0677. The minimum Gasteiger partial charge on any atom is -0.393 e. The molecule has 4 aliphatic carbocycles. The van der Waals surface area contributed by atoms with E-state index in [0.29, 0.717) is 17.1 Å². The summed E-state index contributed by atoms with van der Waals surface area (Å²) in [7, 11) is 0. The van der Waals surface area contributed by atoms with E-state index in [1.807, 2.05) is 0 Å². The number of carbonyl (C=O) groups is 1. The summed E-state index contributed by atoms with van der Waals surface area (Å²) in [6.07, 6.45) is 10.0. The van der Waals surface area contributed by atoms with E-state index in [-0.39, 0.29) is 11.5 Å². The fraction of sp³-hybridized carbons (Fsp3) is 0.947. The molecule has 4 saturated carbocycles. The van der Waals surface area contributed by atoms with E-state index < -0.39 is 0 Å². The van der Waals surface area contributed by atoms with Crippen molar-refractivity contribution < 1.29 is 9.90 Å². The number of rotatable bonds is 0. The van der Waals surface area contributed by atoms with Gasteiger partial charge in [-0.05, 0) is 79.4 Å². The number of hydrogen-bond donors (Lipinski definition) is 1. The Morgan fingerprint density at radius 2 is 1.71 bits per heavy atom. The molecule has 4 fully saturated rings. The van der Waals surface area contributed by atoms with Crippen LogP contribution < -0.4 is 0 Å². The molecule has 118 valence electrons. The SMILES string of the molecule is C[C@]12CC[C@H]3[C@@H](CC[C@H]4CC(=O)CC[C@@]43C)[C@H]1CC[C@@H]2O. The average Bonchev–Trinajstić information content (AvgIpc) is 2.76. The summed E-state index contributed by atoms with van der Waals surface area (Å²) >= 11 is 0. The Kier molecular flexibility index (Phi) is 3.10. The highest BCUT2D eigenvalue weighted by Crippen LogP contribution is 2.65. The van der Waals surface area contributed by atoms with Gasteiger partial charge in [0.25, 0.3) is 0 Å². The third kappa shape index (κ3) is 1.84. The van der Waals surface area contributed by atoms with Crippen LogP contribution in [0, 0.1) is 34.5 Å². The molecule has 0 heterocycles. The van der Waals surface area contributed by atoms with Crippen molar-refractivity contribution in [3.63, 3.8) is 0 Å². The molecule has 0 spiro atoms. The smallest absolute Gasteiger partial charge is 0.133 e. The lowest BCUT2D eigenvalue weighted by atomic mass is 9.45. The van der Waals surface area contributed by atoms with Gasteiger partial charge in [0.05, 0.1) is 6.10 Å². The number of hydrogen-bond acceptors (Lipinski definition) is 2. The fourth-order valence-corrected chi connectivity index (χ4v) is 7.02. The number of fused-ring (bicyclic) bond motifs is 5. The molecule has 0 amide bonds. The molecule has 4 rings (SSSR count). The van der Waals surface area contributed by atoms with Gasteiger partial charge in [-0.2, -0.15) is 0 Å². The lowest BCUT2D eigenvalue weighted by Crippen LogP contribution is -2.54. The molecule has 0 aliphatic heterocycles. The van der Waals surface area contributed by atoms with Gasteiger partial charge in [0.1, 0.15) is 5.78 Å². The molecule has 0 aromatic carbocycles. The molecule has 0 radical (unpaired) electrons. The summed E-state index contributed by atoms with van der Waals surface area (Å²) < 4.78 is 0. The highest BCUT2D eigenvalue weighted by molar-refractivity contribution is 5.79. The van der Waals surface area contributed by atoms with Crippen LogP contribution in [0.5, 0.6) is 0 Å². The molecule has 2 nitrogen and oxygen atoms in total. The Hall–Kier alpha value is -0.370. The summed E-state index contributed by atoms with van der Waals surface area (Å²) in [5, 5.41) is 10.5. The van der Waals surface area contributed by atoms with Crippen molar-refractivity contribution in [3.8, 4) is 0 Å². The minimum absolute atomic E-state index is 0.0677. The molecule has 2 heteroatoms. The van der Waals surface area contributed by atoms with Crippen molar-refractivity contribution in [3.05, 3.63) is 0 Å². The van der Waals surface area contributed by atoms with Gasteiger partial charge in [-0.3, -0.25) is 4.79 Å². The Morgan fingerprint density at radius 1 is 0.952 bits per heavy atom. The van der Waals surface area contributed by atoms with Gasteiger partial charge in [0.2, 0.25) is 0 Å². The Labute approximate surface area is 128 Å². The Bertz CT molecular complexity index is 458. The summed E-state index contributed by atoms with van der Waals surface area (Å²) in [4.78, 5) is 11.9. The second-order valence-electron chi connectivity index (χ2n) is 9.04. The molecular weight excluding hydrogens is 260 g/mol. The molecule has 7 atom stereocenters. The third-order valence-corrected chi connectivity index (χ3v) is 8.43. The normalized spacial score (nSPS) is 56.5. The van der Waals surface area contributed by atoms with Gasteiger partial charge in [0, 0.05) is 12.8 Å². The van der Waals surface area contributed by atoms with Crippen LogP contribution in [-0.4, -0.2) is 17.0 Å². The van der Waals surface area contributed by atoms with Crippen LogP contribution in [-0.2, 0) is 4.79 Å². The Morgan fingerprint density at radius 3 is 2.52 bits per heavy atom. The van der Waals surface area contributed by atoms with Gasteiger partial charge in [-0.1, -0.05) is 13.8 Å². The van der Waals surface area contributed by atoms with Gasteiger partial charge < -0.3 is 5.11 Å². The first-order valence-electron chi connectivity index (χ1n) is 9.15. The largest absolute Gasteiger partial charge is 0.393 e. The van der Waals surface area contributed by atoms with Crippen LogP contribution in [0.25, 0.3) is 0 Å². The number of Topliss-reactive ketones (excluding diaryl/α,β-unsaturated/α-hetero) is 1. The molecule has 1 N–H and O–H groups in total. The molecule has 0 unspecified atom stereocenters. The maximum absolute atomic E-state index is 11.9. The van der Waals surface area contributed by atoms with E-state index in [1.165, 1.54) is 32.1 Å². The second-order valence-corrected chi connectivity index (χ2v) is 9.04. The van der Waals surface area contributed by atoms with Crippen molar-refractivity contribution in [2.24, 2.45) is 34.5 Å². The van der Waals surface area contributed by atoms with E-state index in [0.717, 1.165) is 43.4 Å². The zero-order valence-corrected chi connectivity index (χ0v) is 13.6. The second kappa shape index (κ2) is 4.57. The predicted octanol–water partition coefficient (Wildman–Crippen LogP) is 3.96. The lowest BCUT2D eigenvalue weighted by molar-refractivity contribution is -0.141. The number of aliphatic hydroxyl groups excluding tert-OH is 1. The van der Waals surface area contributed by atoms with Crippen LogP contribution in [0.3, 0.4) is 0 Å². The summed E-state index contributed by atoms with van der Waals surface area (Å²) in [6, 6.07) is 0. The number of ketones is 1. The van der Waals surface area contributed by atoms with Gasteiger partial charge in [0.15, 0.2) is 0 Å². The molecule has 21 heavy (non-hydrogen) atoms. The predicted molar refractivity (Wildman–Crippen MR) is 82.7 cm³/mol. The highest BCUT2D eigenvalue weighted by atomic mass is 16.3. The first-order valence-corrected chi connectivity index (χ1v) is 9.15. The van der Waals surface area contributed by atoms with Crippen molar-refractivity contribution in [1.82, 2.24) is 0 Å². The zero-order valence-electron chi connectivity index (χ0n) is 13.6. The van der Waals surface area contributed by atoms with Crippen LogP contribution in [0.4, 0.5) is 0 Å². The Balaban J connectivity index is 1.64. The summed E-state index contributed by atoms with van der Waals surface area (Å²) in [5.74, 6) is 3.52. The maximum atomic E-state index is 11.9. The van der Waals surface area contributed by atoms with E-state index in [1.54, 1.807) is 0 Å². The van der Waals surface area contributed by atoms with E-state index in [4.69, 9.17) is 0 Å². The van der Waals surface area contributed by atoms with Crippen LogP contribution >= 0.6 is 0 Å². The summed E-state index contributed by atoms with van der Waals surface area (Å²) in [6.45, 7) is 4.85. The van der Waals surface area contributed by atoms with Crippen LogP contribution in [0.15, 0.2) is 0 Å². The van der Waals surface area contributed by atoms with Crippen LogP contribution in [0.1, 0.15) is 71.6 Å². The first kappa shape index (κ1) is 14.2. The number of aliphatic hydroxyl groups is 1. The molecule has 0 bridgehead atoms. The zero-order chi connectivity index (χ0) is 14.8. The van der Waals surface area contributed by atoms with Crippen molar-refractivity contribution in [2.45, 2.75) is 77.7 Å². The summed E-state index contributed by atoms with van der Waals surface area (Å²) in [5.41, 5.74) is 0.598. The van der Waals surface area contributed by atoms with Crippen molar-refractivity contribution >= 4 is 5.78 Å². The van der Waals surface area contributed by atoms with E-state index >= 15 is 0 Å². The molecule has 0 aromatic rings. The monoisotopic (exact) mass is 290 g/mol. The molecule has 0 saturated heterocycles. The number of carbonyl (C=O) groups excluding carboxylic acids is 1. The van der Waals surface area contributed by atoms with Crippen molar-refractivity contribution in [1.29, 1.82) is 0 Å². The average molecular weight is 290 g/mol. The quantitative estimate of drug-likeness (QED) is 0.733. The lowest BCUT2D eigenvalue weighted by Gasteiger charge is -2.60. The first-order chi connectivity index (χ1) is 9.95. The third-order valence-electron chi connectivity index (χ3n) is 8.43. The van der Waals surface area contributed by atoms with Gasteiger partial charge in [-0.15, -0.1) is 0 Å².